The molecular weight excluding hydrogens is 216 g/mol. The molecule has 0 spiro atoms. The average Bonchev–Trinajstić information content (AvgIpc) is 2.66. The van der Waals surface area contributed by atoms with Crippen molar-refractivity contribution in [2.75, 3.05) is 13.1 Å². The molecule has 0 amide bonds. The number of halogens is 1. The Morgan fingerprint density at radius 3 is 3.29 bits per heavy atom. The molecule has 1 aromatic rings. The van der Waals surface area contributed by atoms with Gasteiger partial charge in [0.05, 0.1) is 4.34 Å². The Hall–Kier alpha value is -0.0900. The van der Waals surface area contributed by atoms with E-state index >= 15 is 0 Å². The van der Waals surface area contributed by atoms with E-state index in [1.54, 1.807) is 11.3 Å². The largest absolute Gasteiger partial charge is 0.330 e. The van der Waals surface area contributed by atoms with Gasteiger partial charge in [-0.1, -0.05) is 11.6 Å². The van der Waals surface area contributed by atoms with Gasteiger partial charge in [-0.25, -0.2) is 0 Å². The number of thiophene rings is 1. The van der Waals surface area contributed by atoms with Crippen LogP contribution in [0.4, 0.5) is 0 Å². The molecule has 1 unspecified atom stereocenters. The third-order valence-corrected chi connectivity index (χ3v) is 3.96. The Balaban J connectivity index is 1.95. The van der Waals surface area contributed by atoms with Crippen LogP contribution >= 0.6 is 22.9 Å². The SMILES string of the molecule is NCCCNC1CCc2sc(Cl)cc21. The first-order chi connectivity index (χ1) is 6.81. The fourth-order valence-corrected chi connectivity index (χ4v) is 3.28. The Bertz CT molecular complexity index is 311. The summed E-state index contributed by atoms with van der Waals surface area (Å²) < 4.78 is 0.917. The van der Waals surface area contributed by atoms with Gasteiger partial charge in [0.15, 0.2) is 0 Å². The van der Waals surface area contributed by atoms with Crippen LogP contribution in [0.1, 0.15) is 29.3 Å². The number of nitrogens with one attached hydrogen (secondary N) is 1. The summed E-state index contributed by atoms with van der Waals surface area (Å²) in [7, 11) is 0. The van der Waals surface area contributed by atoms with E-state index in [4.69, 9.17) is 17.3 Å². The minimum Gasteiger partial charge on any atom is -0.330 e. The molecule has 0 saturated carbocycles. The van der Waals surface area contributed by atoms with E-state index in [9.17, 15) is 0 Å². The lowest BCUT2D eigenvalue weighted by Crippen LogP contribution is -2.22. The van der Waals surface area contributed by atoms with Gasteiger partial charge in [0.25, 0.3) is 0 Å². The number of fused-ring (bicyclic) bond motifs is 1. The molecule has 3 N–H and O–H groups in total. The van der Waals surface area contributed by atoms with E-state index < -0.39 is 0 Å². The summed E-state index contributed by atoms with van der Waals surface area (Å²) in [5.41, 5.74) is 6.87. The summed E-state index contributed by atoms with van der Waals surface area (Å²) in [6.07, 6.45) is 3.43. The molecule has 0 saturated heterocycles. The maximum absolute atomic E-state index is 5.98. The molecule has 0 fully saturated rings. The van der Waals surface area contributed by atoms with Gasteiger partial charge in [-0.2, -0.15) is 0 Å². The lowest BCUT2D eigenvalue weighted by atomic mass is 10.2. The third kappa shape index (κ3) is 2.11. The average molecular weight is 231 g/mol. The van der Waals surface area contributed by atoms with Crippen LogP contribution in [0.2, 0.25) is 4.34 Å². The fourth-order valence-electron chi connectivity index (χ4n) is 1.92. The van der Waals surface area contributed by atoms with E-state index in [0.717, 1.165) is 23.8 Å². The highest BCUT2D eigenvalue weighted by Crippen LogP contribution is 2.39. The van der Waals surface area contributed by atoms with Crippen LogP contribution in [-0.2, 0) is 6.42 Å². The van der Waals surface area contributed by atoms with Crippen molar-refractivity contribution in [2.24, 2.45) is 5.73 Å². The van der Waals surface area contributed by atoms with Crippen LogP contribution in [0.3, 0.4) is 0 Å². The molecule has 1 aliphatic rings. The van der Waals surface area contributed by atoms with Gasteiger partial charge in [0.1, 0.15) is 0 Å². The van der Waals surface area contributed by atoms with Gasteiger partial charge in [0, 0.05) is 10.9 Å². The first-order valence-corrected chi connectivity index (χ1v) is 6.22. The van der Waals surface area contributed by atoms with Crippen molar-refractivity contribution in [1.82, 2.24) is 5.32 Å². The maximum atomic E-state index is 5.98. The van der Waals surface area contributed by atoms with Crippen LogP contribution in [0.5, 0.6) is 0 Å². The monoisotopic (exact) mass is 230 g/mol. The van der Waals surface area contributed by atoms with E-state index in [1.165, 1.54) is 23.3 Å². The van der Waals surface area contributed by atoms with Crippen molar-refractivity contribution < 1.29 is 0 Å². The summed E-state index contributed by atoms with van der Waals surface area (Å²) in [4.78, 5) is 1.46. The number of aryl methyl sites for hydroxylation is 1. The normalized spacial score (nSPS) is 20.0. The topological polar surface area (TPSA) is 38.0 Å². The highest BCUT2D eigenvalue weighted by atomic mass is 35.5. The fraction of sp³-hybridized carbons (Fsp3) is 0.600. The highest BCUT2D eigenvalue weighted by molar-refractivity contribution is 7.16. The van der Waals surface area contributed by atoms with Crippen molar-refractivity contribution in [3.8, 4) is 0 Å². The summed E-state index contributed by atoms with van der Waals surface area (Å²) in [5.74, 6) is 0. The smallest absolute Gasteiger partial charge is 0.0934 e. The Morgan fingerprint density at radius 1 is 1.64 bits per heavy atom. The van der Waals surface area contributed by atoms with Crippen molar-refractivity contribution in [3.05, 3.63) is 20.8 Å². The summed E-state index contributed by atoms with van der Waals surface area (Å²) in [6, 6.07) is 2.62. The third-order valence-electron chi connectivity index (χ3n) is 2.62. The van der Waals surface area contributed by atoms with E-state index in [0.29, 0.717) is 6.04 Å². The van der Waals surface area contributed by atoms with Gasteiger partial charge < -0.3 is 11.1 Å². The van der Waals surface area contributed by atoms with Gasteiger partial charge in [-0.15, -0.1) is 11.3 Å². The maximum Gasteiger partial charge on any atom is 0.0934 e. The van der Waals surface area contributed by atoms with Crippen LogP contribution in [0.25, 0.3) is 0 Å². The molecule has 2 rings (SSSR count). The minimum atomic E-state index is 0.514. The molecule has 0 aromatic carbocycles. The standard InChI is InChI=1S/C10H15ClN2S/c11-10-6-7-8(13-5-1-4-12)2-3-9(7)14-10/h6,8,13H,1-5,12H2. The Labute approximate surface area is 93.4 Å². The Kier molecular flexibility index (Phi) is 3.44. The second-order valence-electron chi connectivity index (χ2n) is 3.62. The van der Waals surface area contributed by atoms with Gasteiger partial charge in [-0.05, 0) is 44.0 Å². The molecule has 0 bridgehead atoms. The molecular formula is C10H15ClN2S. The quantitative estimate of drug-likeness (QED) is 0.780. The van der Waals surface area contributed by atoms with Crippen molar-refractivity contribution in [1.29, 1.82) is 0 Å². The highest BCUT2D eigenvalue weighted by Gasteiger charge is 2.24. The number of rotatable bonds is 4. The van der Waals surface area contributed by atoms with Crippen molar-refractivity contribution in [2.45, 2.75) is 25.3 Å². The zero-order chi connectivity index (χ0) is 9.97. The summed E-state index contributed by atoms with van der Waals surface area (Å²) in [5, 5.41) is 3.52. The molecule has 78 valence electrons. The van der Waals surface area contributed by atoms with E-state index in [-0.39, 0.29) is 0 Å². The molecule has 1 aliphatic carbocycles. The van der Waals surface area contributed by atoms with Crippen molar-refractivity contribution in [3.63, 3.8) is 0 Å². The van der Waals surface area contributed by atoms with Gasteiger partial charge in [-0.3, -0.25) is 0 Å². The molecule has 4 heteroatoms. The molecule has 0 aliphatic heterocycles. The second-order valence-corrected chi connectivity index (χ2v) is 5.38. The van der Waals surface area contributed by atoms with Crippen molar-refractivity contribution >= 4 is 22.9 Å². The minimum absolute atomic E-state index is 0.514. The number of nitrogens with two attached hydrogens (primary N) is 1. The first-order valence-electron chi connectivity index (χ1n) is 5.03. The summed E-state index contributed by atoms with van der Waals surface area (Å²) in [6.45, 7) is 1.77. The predicted molar refractivity (Wildman–Crippen MR) is 62.1 cm³/mol. The number of hydrogen-bond donors (Lipinski definition) is 2. The zero-order valence-corrected chi connectivity index (χ0v) is 9.63. The van der Waals surface area contributed by atoms with Crippen LogP contribution in [0.15, 0.2) is 6.07 Å². The second kappa shape index (κ2) is 4.62. The molecule has 1 atom stereocenters. The summed E-state index contributed by atoms with van der Waals surface area (Å²) >= 11 is 7.70. The molecule has 1 heterocycles. The Morgan fingerprint density at radius 2 is 2.50 bits per heavy atom. The van der Waals surface area contributed by atoms with Gasteiger partial charge in [0.2, 0.25) is 0 Å². The molecule has 1 aromatic heterocycles. The van der Waals surface area contributed by atoms with Gasteiger partial charge >= 0.3 is 0 Å². The lowest BCUT2D eigenvalue weighted by molar-refractivity contribution is 0.523. The molecule has 2 nitrogen and oxygen atoms in total. The predicted octanol–water partition coefficient (Wildman–Crippen LogP) is 2.33. The van der Waals surface area contributed by atoms with Crippen LogP contribution in [-0.4, -0.2) is 13.1 Å². The van der Waals surface area contributed by atoms with Crippen LogP contribution < -0.4 is 11.1 Å². The number of hydrogen-bond acceptors (Lipinski definition) is 3. The van der Waals surface area contributed by atoms with Crippen LogP contribution in [0, 0.1) is 0 Å². The van der Waals surface area contributed by atoms with E-state index in [2.05, 4.69) is 11.4 Å². The molecule has 14 heavy (non-hydrogen) atoms. The molecule has 0 radical (unpaired) electrons. The van der Waals surface area contributed by atoms with E-state index in [1.807, 2.05) is 0 Å². The zero-order valence-electron chi connectivity index (χ0n) is 8.05. The lowest BCUT2D eigenvalue weighted by Gasteiger charge is -2.11. The first kappa shape index (κ1) is 10.4.